The van der Waals surface area contributed by atoms with Crippen LogP contribution in [0, 0.1) is 0 Å². The van der Waals surface area contributed by atoms with Gasteiger partial charge in [0.2, 0.25) is 0 Å². The maximum atomic E-state index is 2.36. The second-order valence-corrected chi connectivity index (χ2v) is 8.99. The van der Waals surface area contributed by atoms with Gasteiger partial charge in [0.15, 0.2) is 0 Å². The molecule has 0 radical (unpaired) electrons. The molecule has 5 aromatic carbocycles. The van der Waals surface area contributed by atoms with Crippen LogP contribution in [0.3, 0.4) is 0 Å². The number of nitrogens with zero attached hydrogens (tertiary/aromatic N) is 1. The molecule has 168 valence electrons. The van der Waals surface area contributed by atoms with Gasteiger partial charge in [0.25, 0.3) is 0 Å². The van der Waals surface area contributed by atoms with Crippen molar-refractivity contribution in [2.45, 2.75) is 12.3 Å². The fourth-order valence-electron chi connectivity index (χ4n) is 5.01. The fraction of sp³-hybridized carbons (Fsp3) is 0.0588. The summed E-state index contributed by atoms with van der Waals surface area (Å²) in [6.07, 6.45) is 7.97. The Hall–Kier alpha value is -4.36. The molecule has 5 aromatic rings. The molecule has 0 aromatic heterocycles. The van der Waals surface area contributed by atoms with Gasteiger partial charge in [0.1, 0.15) is 0 Å². The Morgan fingerprint density at radius 2 is 1.23 bits per heavy atom. The summed E-state index contributed by atoms with van der Waals surface area (Å²) in [5.41, 5.74) is 7.40. The summed E-state index contributed by atoms with van der Waals surface area (Å²) in [7, 11) is 0. The molecule has 0 fully saturated rings. The van der Waals surface area contributed by atoms with Crippen LogP contribution in [0.4, 0.5) is 11.4 Å². The first-order chi connectivity index (χ1) is 17.4. The van der Waals surface area contributed by atoms with Gasteiger partial charge in [-0.25, -0.2) is 0 Å². The van der Waals surface area contributed by atoms with Crippen molar-refractivity contribution in [1.82, 2.24) is 0 Å². The highest BCUT2D eigenvalue weighted by atomic mass is 15.1. The highest BCUT2D eigenvalue weighted by Crippen LogP contribution is 2.36. The predicted molar refractivity (Wildman–Crippen MR) is 149 cm³/mol. The Balaban J connectivity index is 1.35. The van der Waals surface area contributed by atoms with Gasteiger partial charge < -0.3 is 4.90 Å². The van der Waals surface area contributed by atoms with E-state index in [0.717, 1.165) is 12.1 Å². The first-order valence-corrected chi connectivity index (χ1v) is 12.2. The summed E-state index contributed by atoms with van der Waals surface area (Å²) in [5.74, 6) is 0.423. The standard InChI is InChI=1S/C34H27N/c1-3-10-26(11-4-1)27-18-22-31(23-19-27)35(30-14-5-2-6-15-30)32-24-20-29(21-25-32)34-17-9-13-28-12-7-8-16-33(28)34/h1-18,20-25,27H,19H2. The summed E-state index contributed by atoms with van der Waals surface area (Å²) >= 11 is 0. The van der Waals surface area contributed by atoms with Crippen LogP contribution < -0.4 is 4.90 Å². The van der Waals surface area contributed by atoms with Gasteiger partial charge in [0, 0.05) is 23.0 Å². The molecule has 0 spiro atoms. The number of fused-ring (bicyclic) bond motifs is 1. The summed E-state index contributed by atoms with van der Waals surface area (Å²) in [5, 5.41) is 2.55. The van der Waals surface area contributed by atoms with Crippen molar-refractivity contribution >= 4 is 22.1 Å². The second-order valence-electron chi connectivity index (χ2n) is 8.99. The maximum Gasteiger partial charge on any atom is 0.0461 e. The summed E-state index contributed by atoms with van der Waals surface area (Å²) < 4.78 is 0. The minimum Gasteiger partial charge on any atom is -0.311 e. The summed E-state index contributed by atoms with van der Waals surface area (Å²) in [4.78, 5) is 2.35. The average molecular weight is 450 g/mol. The number of para-hydroxylation sites is 1. The number of benzene rings is 5. The molecule has 35 heavy (non-hydrogen) atoms. The molecule has 1 heteroatoms. The molecule has 0 saturated carbocycles. The van der Waals surface area contributed by atoms with Crippen LogP contribution in [0.15, 0.2) is 151 Å². The minimum atomic E-state index is 0.423. The molecule has 0 heterocycles. The fourth-order valence-corrected chi connectivity index (χ4v) is 5.01. The number of anilines is 2. The number of hydrogen-bond acceptors (Lipinski definition) is 1. The van der Waals surface area contributed by atoms with E-state index in [-0.39, 0.29) is 0 Å². The predicted octanol–water partition coefficient (Wildman–Crippen LogP) is 9.27. The Morgan fingerprint density at radius 1 is 0.571 bits per heavy atom. The Morgan fingerprint density at radius 3 is 1.97 bits per heavy atom. The van der Waals surface area contributed by atoms with Gasteiger partial charge in [-0.1, -0.05) is 115 Å². The largest absolute Gasteiger partial charge is 0.311 e. The highest BCUT2D eigenvalue weighted by Gasteiger charge is 2.18. The SMILES string of the molecule is C1=CC(c2ccccc2)CC=C1N(c1ccccc1)c1ccc(-c2cccc3ccccc23)cc1. The number of allylic oxidation sites excluding steroid dienone is 3. The quantitative estimate of drug-likeness (QED) is 0.258. The van der Waals surface area contributed by atoms with E-state index in [9.17, 15) is 0 Å². The van der Waals surface area contributed by atoms with Gasteiger partial charge in [-0.15, -0.1) is 0 Å². The van der Waals surface area contributed by atoms with E-state index in [1.807, 2.05) is 0 Å². The Kier molecular flexibility index (Phi) is 5.74. The van der Waals surface area contributed by atoms with Crippen molar-refractivity contribution in [1.29, 1.82) is 0 Å². The van der Waals surface area contributed by atoms with Crippen LogP contribution >= 0.6 is 0 Å². The summed E-state index contributed by atoms with van der Waals surface area (Å²) in [6.45, 7) is 0. The first-order valence-electron chi connectivity index (χ1n) is 12.2. The molecule has 1 aliphatic carbocycles. The monoisotopic (exact) mass is 449 g/mol. The number of hydrogen-bond donors (Lipinski definition) is 0. The highest BCUT2D eigenvalue weighted by molar-refractivity contribution is 5.96. The zero-order valence-corrected chi connectivity index (χ0v) is 19.6. The molecular formula is C34H27N. The molecule has 1 aliphatic rings. The van der Waals surface area contributed by atoms with E-state index in [1.165, 1.54) is 38.8 Å². The molecule has 1 atom stereocenters. The molecular weight excluding hydrogens is 422 g/mol. The molecule has 0 bridgehead atoms. The molecule has 0 N–H and O–H groups in total. The van der Waals surface area contributed by atoms with Gasteiger partial charge >= 0.3 is 0 Å². The molecule has 6 rings (SSSR count). The smallest absolute Gasteiger partial charge is 0.0461 e. The lowest BCUT2D eigenvalue weighted by Crippen LogP contribution is -2.17. The van der Waals surface area contributed by atoms with Crippen LogP contribution in [0.25, 0.3) is 21.9 Å². The van der Waals surface area contributed by atoms with Crippen LogP contribution in [0.5, 0.6) is 0 Å². The normalized spacial score (nSPS) is 15.1. The lowest BCUT2D eigenvalue weighted by Gasteiger charge is -2.29. The van der Waals surface area contributed by atoms with Gasteiger partial charge in [-0.3, -0.25) is 0 Å². The topological polar surface area (TPSA) is 3.24 Å². The van der Waals surface area contributed by atoms with E-state index >= 15 is 0 Å². The van der Waals surface area contributed by atoms with Crippen molar-refractivity contribution in [3.05, 3.63) is 157 Å². The summed E-state index contributed by atoms with van der Waals surface area (Å²) in [6, 6.07) is 45.5. The van der Waals surface area contributed by atoms with E-state index in [2.05, 4.69) is 151 Å². The third-order valence-corrected chi connectivity index (χ3v) is 6.81. The lowest BCUT2D eigenvalue weighted by molar-refractivity contribution is 0.840. The minimum absolute atomic E-state index is 0.423. The van der Waals surface area contributed by atoms with Crippen LogP contribution in [0.2, 0.25) is 0 Å². The first kappa shape index (κ1) is 21.2. The van der Waals surface area contributed by atoms with E-state index < -0.39 is 0 Å². The zero-order chi connectivity index (χ0) is 23.5. The molecule has 0 saturated heterocycles. The van der Waals surface area contributed by atoms with Crippen molar-refractivity contribution in [3.63, 3.8) is 0 Å². The van der Waals surface area contributed by atoms with Crippen molar-refractivity contribution in [2.75, 3.05) is 4.90 Å². The van der Waals surface area contributed by atoms with E-state index in [4.69, 9.17) is 0 Å². The third kappa shape index (κ3) is 4.29. The van der Waals surface area contributed by atoms with Crippen LogP contribution in [-0.4, -0.2) is 0 Å². The van der Waals surface area contributed by atoms with Crippen LogP contribution in [0.1, 0.15) is 17.9 Å². The molecule has 1 nitrogen and oxygen atoms in total. The molecule has 0 aliphatic heterocycles. The van der Waals surface area contributed by atoms with E-state index in [0.29, 0.717) is 5.92 Å². The van der Waals surface area contributed by atoms with Crippen molar-refractivity contribution in [2.24, 2.45) is 0 Å². The van der Waals surface area contributed by atoms with Gasteiger partial charge in [0.05, 0.1) is 0 Å². The van der Waals surface area contributed by atoms with Crippen LogP contribution in [-0.2, 0) is 0 Å². The number of rotatable bonds is 5. The van der Waals surface area contributed by atoms with Crippen molar-refractivity contribution < 1.29 is 0 Å². The van der Waals surface area contributed by atoms with Gasteiger partial charge in [-0.05, 0) is 64.2 Å². The van der Waals surface area contributed by atoms with Crippen molar-refractivity contribution in [3.8, 4) is 11.1 Å². The maximum absolute atomic E-state index is 2.36. The second kappa shape index (κ2) is 9.48. The zero-order valence-electron chi connectivity index (χ0n) is 19.6. The Bertz CT molecular complexity index is 1490. The van der Waals surface area contributed by atoms with Gasteiger partial charge in [-0.2, -0.15) is 0 Å². The Labute approximate surface area is 207 Å². The van der Waals surface area contributed by atoms with E-state index in [1.54, 1.807) is 0 Å². The average Bonchev–Trinajstić information content (AvgIpc) is 2.95. The lowest BCUT2D eigenvalue weighted by atomic mass is 9.91. The third-order valence-electron chi connectivity index (χ3n) is 6.81. The molecule has 0 amide bonds. The molecule has 1 unspecified atom stereocenters.